The second-order valence-corrected chi connectivity index (χ2v) is 5.96. The Morgan fingerprint density at radius 3 is 2.52 bits per heavy atom. The van der Waals surface area contributed by atoms with Gasteiger partial charge in [0.1, 0.15) is 11.6 Å². The van der Waals surface area contributed by atoms with E-state index in [-0.39, 0.29) is 12.0 Å². The molecule has 0 unspecified atom stereocenters. The van der Waals surface area contributed by atoms with Crippen molar-refractivity contribution in [2.75, 3.05) is 13.2 Å². The van der Waals surface area contributed by atoms with Crippen molar-refractivity contribution in [2.45, 2.75) is 39.2 Å². The Kier molecular flexibility index (Phi) is 4.96. The van der Waals surface area contributed by atoms with Crippen LogP contribution in [0.2, 0.25) is 0 Å². The summed E-state index contributed by atoms with van der Waals surface area (Å²) in [5, 5.41) is 13.6. The van der Waals surface area contributed by atoms with E-state index < -0.39 is 0 Å². The average Bonchev–Trinajstić information content (AvgIpc) is 2.84. The summed E-state index contributed by atoms with van der Waals surface area (Å²) in [6.45, 7) is 7.35. The number of hydrogen-bond acceptors (Lipinski definition) is 4. The molecule has 5 nitrogen and oxygen atoms in total. The highest BCUT2D eigenvalue weighted by Crippen LogP contribution is 2.20. The number of aliphatic hydroxyl groups excluding tert-OH is 1. The zero-order chi connectivity index (χ0) is 15.3. The van der Waals surface area contributed by atoms with Crippen LogP contribution in [-0.2, 0) is 18.4 Å². The van der Waals surface area contributed by atoms with Crippen molar-refractivity contribution >= 4 is 0 Å². The van der Waals surface area contributed by atoms with Gasteiger partial charge in [-0.05, 0) is 12.1 Å². The maximum absolute atomic E-state index is 9.13. The molecule has 0 bridgehead atoms. The smallest absolute Gasteiger partial charge is 0.154 e. The molecular weight excluding hydrogens is 266 g/mol. The Morgan fingerprint density at radius 2 is 1.90 bits per heavy atom. The highest BCUT2D eigenvalue weighted by atomic mass is 16.5. The maximum Gasteiger partial charge on any atom is 0.154 e. The van der Waals surface area contributed by atoms with E-state index in [0.29, 0.717) is 19.6 Å². The second kappa shape index (κ2) is 6.72. The number of ether oxygens (including phenoxy) is 1. The third-order valence-corrected chi connectivity index (χ3v) is 3.04. The number of nitrogens with zero attached hydrogens (tertiary/aromatic N) is 3. The molecule has 2 aromatic rings. The highest BCUT2D eigenvalue weighted by Gasteiger charge is 2.22. The zero-order valence-corrected chi connectivity index (χ0v) is 12.9. The van der Waals surface area contributed by atoms with E-state index in [0.717, 1.165) is 17.4 Å². The van der Waals surface area contributed by atoms with Crippen LogP contribution in [0.4, 0.5) is 0 Å². The van der Waals surface area contributed by atoms with E-state index in [4.69, 9.17) is 9.84 Å². The van der Waals surface area contributed by atoms with E-state index in [9.17, 15) is 0 Å². The summed E-state index contributed by atoms with van der Waals surface area (Å²) in [7, 11) is 0. The first-order chi connectivity index (χ1) is 10.0. The van der Waals surface area contributed by atoms with Crippen molar-refractivity contribution in [1.29, 1.82) is 0 Å². The molecule has 0 aliphatic carbocycles. The number of aliphatic hydroxyl groups is 1. The predicted octanol–water partition coefficient (Wildman–Crippen LogP) is 2.19. The van der Waals surface area contributed by atoms with Gasteiger partial charge in [-0.3, -0.25) is 0 Å². The van der Waals surface area contributed by atoms with Crippen molar-refractivity contribution in [3.05, 3.63) is 42.0 Å². The largest absolute Gasteiger partial charge is 0.493 e. The summed E-state index contributed by atoms with van der Waals surface area (Å²) in [6, 6.07) is 9.71. The predicted molar refractivity (Wildman–Crippen MR) is 81.4 cm³/mol. The van der Waals surface area contributed by atoms with E-state index in [1.54, 1.807) is 4.68 Å². The number of rotatable bonds is 6. The summed E-state index contributed by atoms with van der Waals surface area (Å²) in [5.74, 6) is 2.50. The minimum Gasteiger partial charge on any atom is -0.493 e. The fraction of sp³-hybridized carbons (Fsp3) is 0.500. The summed E-state index contributed by atoms with van der Waals surface area (Å²) < 4.78 is 7.46. The van der Waals surface area contributed by atoms with Crippen LogP contribution in [0.3, 0.4) is 0 Å². The molecule has 0 amide bonds. The van der Waals surface area contributed by atoms with Crippen LogP contribution in [0.25, 0.3) is 0 Å². The lowest BCUT2D eigenvalue weighted by Crippen LogP contribution is -2.20. The van der Waals surface area contributed by atoms with Gasteiger partial charge in [-0.1, -0.05) is 39.0 Å². The normalized spacial score (nSPS) is 11.6. The Bertz CT molecular complexity index is 559. The molecule has 0 fully saturated rings. The molecule has 0 aliphatic heterocycles. The molecular formula is C16H23N3O2. The molecule has 0 saturated carbocycles. The summed E-state index contributed by atoms with van der Waals surface area (Å²) in [4.78, 5) is 4.59. The van der Waals surface area contributed by atoms with Crippen LogP contribution in [0, 0.1) is 0 Å². The van der Waals surface area contributed by atoms with Crippen molar-refractivity contribution in [2.24, 2.45) is 0 Å². The number of benzene rings is 1. The van der Waals surface area contributed by atoms with E-state index in [1.165, 1.54) is 0 Å². The topological polar surface area (TPSA) is 60.2 Å². The fourth-order valence-electron chi connectivity index (χ4n) is 2.08. The zero-order valence-electron chi connectivity index (χ0n) is 12.9. The highest BCUT2D eigenvalue weighted by molar-refractivity contribution is 5.20. The minimum absolute atomic E-state index is 0.0619. The average molecular weight is 289 g/mol. The first-order valence-electron chi connectivity index (χ1n) is 7.23. The van der Waals surface area contributed by atoms with Crippen molar-refractivity contribution < 1.29 is 9.84 Å². The van der Waals surface area contributed by atoms with Gasteiger partial charge in [0.2, 0.25) is 0 Å². The molecule has 1 aromatic carbocycles. The monoisotopic (exact) mass is 289 g/mol. The van der Waals surface area contributed by atoms with Gasteiger partial charge in [0.15, 0.2) is 5.82 Å². The molecule has 114 valence electrons. The summed E-state index contributed by atoms with van der Waals surface area (Å²) in [6.07, 6.45) is 0.649. The van der Waals surface area contributed by atoms with Crippen LogP contribution in [0.5, 0.6) is 5.75 Å². The summed E-state index contributed by atoms with van der Waals surface area (Å²) in [5.41, 5.74) is -0.0965. The molecule has 5 heteroatoms. The molecule has 0 atom stereocenters. The molecule has 1 aromatic heterocycles. The molecule has 0 spiro atoms. The van der Waals surface area contributed by atoms with Crippen molar-refractivity contribution in [1.82, 2.24) is 14.8 Å². The quantitative estimate of drug-likeness (QED) is 0.885. The van der Waals surface area contributed by atoms with Gasteiger partial charge in [0.05, 0.1) is 19.8 Å². The third-order valence-electron chi connectivity index (χ3n) is 3.04. The van der Waals surface area contributed by atoms with Crippen LogP contribution in [-0.4, -0.2) is 33.1 Å². The van der Waals surface area contributed by atoms with Crippen LogP contribution < -0.4 is 4.74 Å². The number of para-hydroxylation sites is 1. The lowest BCUT2D eigenvalue weighted by Gasteiger charge is -2.17. The molecule has 21 heavy (non-hydrogen) atoms. The molecule has 0 saturated heterocycles. The second-order valence-electron chi connectivity index (χ2n) is 5.96. The SMILES string of the molecule is CC(C)(C)c1nc(CCOc2ccccc2)nn1CCO. The van der Waals surface area contributed by atoms with Crippen molar-refractivity contribution in [3.63, 3.8) is 0 Å². The van der Waals surface area contributed by atoms with Gasteiger partial charge in [0.25, 0.3) is 0 Å². The van der Waals surface area contributed by atoms with Gasteiger partial charge in [-0.25, -0.2) is 9.67 Å². The van der Waals surface area contributed by atoms with Gasteiger partial charge < -0.3 is 9.84 Å². The van der Waals surface area contributed by atoms with Gasteiger partial charge >= 0.3 is 0 Å². The first kappa shape index (κ1) is 15.5. The lowest BCUT2D eigenvalue weighted by molar-refractivity contribution is 0.262. The van der Waals surface area contributed by atoms with Gasteiger partial charge in [-0.2, -0.15) is 5.10 Å². The van der Waals surface area contributed by atoms with Crippen LogP contribution in [0.1, 0.15) is 32.4 Å². The molecule has 1 heterocycles. The Balaban J connectivity index is 2.00. The van der Waals surface area contributed by atoms with E-state index in [2.05, 4.69) is 30.9 Å². The number of hydrogen-bond donors (Lipinski definition) is 1. The van der Waals surface area contributed by atoms with Crippen LogP contribution in [0.15, 0.2) is 30.3 Å². The van der Waals surface area contributed by atoms with Gasteiger partial charge in [-0.15, -0.1) is 0 Å². The minimum atomic E-state index is -0.0965. The fourth-order valence-corrected chi connectivity index (χ4v) is 2.08. The molecule has 2 rings (SSSR count). The standard InChI is InChI=1S/C16H23N3O2/c1-16(2,3)15-17-14(18-19(15)10-11-20)9-12-21-13-7-5-4-6-8-13/h4-8,20H,9-12H2,1-3H3. The number of aromatic nitrogens is 3. The van der Waals surface area contributed by atoms with Gasteiger partial charge in [0, 0.05) is 11.8 Å². The van der Waals surface area contributed by atoms with Crippen molar-refractivity contribution in [3.8, 4) is 5.75 Å². The third kappa shape index (κ3) is 4.29. The Morgan fingerprint density at radius 1 is 1.19 bits per heavy atom. The molecule has 0 aliphatic rings. The summed E-state index contributed by atoms with van der Waals surface area (Å²) >= 11 is 0. The van der Waals surface area contributed by atoms with Crippen LogP contribution >= 0.6 is 0 Å². The lowest BCUT2D eigenvalue weighted by atomic mass is 9.96. The molecule has 1 N–H and O–H groups in total. The first-order valence-corrected chi connectivity index (χ1v) is 7.23. The maximum atomic E-state index is 9.13. The molecule has 0 radical (unpaired) electrons. The Labute approximate surface area is 125 Å². The van der Waals surface area contributed by atoms with E-state index >= 15 is 0 Å². The Hall–Kier alpha value is -1.88. The van der Waals surface area contributed by atoms with E-state index in [1.807, 2.05) is 30.3 Å².